The van der Waals surface area contributed by atoms with Crippen LogP contribution in [0.5, 0.6) is 0 Å². The van der Waals surface area contributed by atoms with Crippen molar-refractivity contribution in [1.29, 1.82) is 0 Å². The summed E-state index contributed by atoms with van der Waals surface area (Å²) in [6.45, 7) is 5.19. The van der Waals surface area contributed by atoms with Crippen LogP contribution in [0.15, 0.2) is 41.3 Å². The van der Waals surface area contributed by atoms with E-state index >= 15 is 0 Å². The Hall–Kier alpha value is -2.03. The van der Waals surface area contributed by atoms with Gasteiger partial charge in [0.2, 0.25) is 5.89 Å². The summed E-state index contributed by atoms with van der Waals surface area (Å²) in [4.78, 5) is 4.23. The predicted molar refractivity (Wildman–Crippen MR) is 67.8 cm³/mol. The molecule has 0 bridgehead atoms. The van der Waals surface area contributed by atoms with Crippen LogP contribution in [0, 0.1) is 6.92 Å². The summed E-state index contributed by atoms with van der Waals surface area (Å²) in [7, 11) is 0. The smallest absolute Gasteiger partial charge is 0.228 e. The third-order valence-electron chi connectivity index (χ3n) is 3.04. The highest BCUT2D eigenvalue weighted by atomic mass is 16.3. The van der Waals surface area contributed by atoms with Crippen LogP contribution in [0.1, 0.15) is 12.5 Å². The number of nitrogens with zero attached hydrogens (tertiary/aromatic N) is 2. The molecule has 0 amide bonds. The van der Waals surface area contributed by atoms with Crippen molar-refractivity contribution < 1.29 is 4.42 Å². The lowest BCUT2D eigenvalue weighted by atomic mass is 10.1. The first kappa shape index (κ1) is 10.1. The number of fused-ring (bicyclic) bond motifs is 1. The molecule has 0 unspecified atom stereocenters. The van der Waals surface area contributed by atoms with E-state index in [4.69, 9.17) is 4.42 Å². The van der Waals surface area contributed by atoms with Gasteiger partial charge in [0, 0.05) is 23.6 Å². The van der Waals surface area contributed by atoms with E-state index < -0.39 is 0 Å². The van der Waals surface area contributed by atoms with Gasteiger partial charge in [-0.3, -0.25) is 0 Å². The summed E-state index contributed by atoms with van der Waals surface area (Å²) in [5, 5.41) is 1.19. The van der Waals surface area contributed by atoms with Gasteiger partial charge in [0.25, 0.3) is 0 Å². The van der Waals surface area contributed by atoms with E-state index in [0.717, 1.165) is 12.1 Å². The molecule has 0 fully saturated rings. The molecule has 0 saturated heterocycles. The number of benzene rings is 1. The van der Waals surface area contributed by atoms with Crippen molar-refractivity contribution in [2.75, 3.05) is 0 Å². The maximum absolute atomic E-state index is 5.39. The first-order chi connectivity index (χ1) is 8.29. The van der Waals surface area contributed by atoms with Crippen molar-refractivity contribution in [3.63, 3.8) is 0 Å². The van der Waals surface area contributed by atoms with E-state index in [1.165, 1.54) is 16.5 Å². The molecule has 2 aromatic heterocycles. The number of hydrogen-bond acceptors (Lipinski definition) is 2. The SMILES string of the molecule is CCn1cc(-c2ncco2)c2ccc(C)cc21. The van der Waals surface area contributed by atoms with E-state index in [-0.39, 0.29) is 0 Å². The zero-order valence-electron chi connectivity index (χ0n) is 9.97. The van der Waals surface area contributed by atoms with E-state index in [0.29, 0.717) is 5.89 Å². The lowest BCUT2D eigenvalue weighted by Crippen LogP contribution is -1.90. The van der Waals surface area contributed by atoms with Gasteiger partial charge < -0.3 is 8.98 Å². The molecular formula is C14H14N2O. The fourth-order valence-corrected chi connectivity index (χ4v) is 2.19. The van der Waals surface area contributed by atoms with Gasteiger partial charge >= 0.3 is 0 Å². The predicted octanol–water partition coefficient (Wildman–Crippen LogP) is 3.62. The van der Waals surface area contributed by atoms with Crippen molar-refractivity contribution in [1.82, 2.24) is 9.55 Å². The minimum Gasteiger partial charge on any atom is -0.444 e. The van der Waals surface area contributed by atoms with E-state index in [9.17, 15) is 0 Å². The Bertz CT molecular complexity index is 650. The van der Waals surface area contributed by atoms with Crippen LogP contribution < -0.4 is 0 Å². The van der Waals surface area contributed by atoms with Gasteiger partial charge in [0.05, 0.1) is 11.8 Å². The fourth-order valence-electron chi connectivity index (χ4n) is 2.19. The molecule has 0 aliphatic rings. The molecule has 2 heterocycles. The van der Waals surface area contributed by atoms with E-state index in [2.05, 4.69) is 47.8 Å². The largest absolute Gasteiger partial charge is 0.444 e. The molecule has 0 spiro atoms. The topological polar surface area (TPSA) is 31.0 Å². The molecule has 17 heavy (non-hydrogen) atoms. The number of aryl methyl sites for hydroxylation is 2. The number of rotatable bonds is 2. The van der Waals surface area contributed by atoms with Gasteiger partial charge in [0.15, 0.2) is 0 Å². The Morgan fingerprint density at radius 1 is 1.35 bits per heavy atom. The molecule has 86 valence electrons. The van der Waals surface area contributed by atoms with Gasteiger partial charge in [-0.2, -0.15) is 0 Å². The van der Waals surface area contributed by atoms with Crippen LogP contribution in [-0.4, -0.2) is 9.55 Å². The van der Waals surface area contributed by atoms with Crippen LogP contribution in [0.4, 0.5) is 0 Å². The highest BCUT2D eigenvalue weighted by Gasteiger charge is 2.12. The molecule has 0 aliphatic heterocycles. The highest BCUT2D eigenvalue weighted by Crippen LogP contribution is 2.30. The lowest BCUT2D eigenvalue weighted by molar-refractivity contribution is 0.575. The lowest BCUT2D eigenvalue weighted by Gasteiger charge is -2.00. The number of oxazole rings is 1. The zero-order valence-corrected chi connectivity index (χ0v) is 9.97. The van der Waals surface area contributed by atoms with Crippen molar-refractivity contribution >= 4 is 10.9 Å². The normalized spacial score (nSPS) is 11.2. The summed E-state index contributed by atoms with van der Waals surface area (Å²) < 4.78 is 7.62. The van der Waals surface area contributed by atoms with E-state index in [1.807, 2.05) is 0 Å². The quantitative estimate of drug-likeness (QED) is 0.668. The molecule has 3 rings (SSSR count). The molecular weight excluding hydrogens is 212 g/mol. The molecule has 1 aromatic carbocycles. The Kier molecular flexibility index (Phi) is 2.25. The summed E-state index contributed by atoms with van der Waals surface area (Å²) in [5.74, 6) is 0.686. The second kappa shape index (κ2) is 3.77. The first-order valence-corrected chi connectivity index (χ1v) is 5.79. The van der Waals surface area contributed by atoms with Crippen molar-refractivity contribution in [3.05, 3.63) is 42.4 Å². The minimum absolute atomic E-state index is 0.686. The number of aromatic nitrogens is 2. The van der Waals surface area contributed by atoms with Crippen molar-refractivity contribution in [2.45, 2.75) is 20.4 Å². The average Bonchev–Trinajstić information content (AvgIpc) is 2.94. The molecule has 0 aliphatic carbocycles. The molecule has 3 nitrogen and oxygen atoms in total. The Morgan fingerprint density at radius 3 is 2.94 bits per heavy atom. The zero-order chi connectivity index (χ0) is 11.8. The maximum Gasteiger partial charge on any atom is 0.228 e. The Morgan fingerprint density at radius 2 is 2.24 bits per heavy atom. The highest BCUT2D eigenvalue weighted by molar-refractivity contribution is 5.94. The summed E-state index contributed by atoms with van der Waals surface area (Å²) in [5.41, 5.74) is 3.57. The van der Waals surface area contributed by atoms with Crippen LogP contribution >= 0.6 is 0 Å². The summed E-state index contributed by atoms with van der Waals surface area (Å²) in [6.07, 6.45) is 5.40. The van der Waals surface area contributed by atoms with Crippen LogP contribution in [0.2, 0.25) is 0 Å². The molecule has 3 aromatic rings. The van der Waals surface area contributed by atoms with Gasteiger partial charge in [-0.15, -0.1) is 0 Å². The average molecular weight is 226 g/mol. The third-order valence-corrected chi connectivity index (χ3v) is 3.04. The molecule has 0 radical (unpaired) electrons. The van der Waals surface area contributed by atoms with Gasteiger partial charge in [-0.05, 0) is 25.5 Å². The third kappa shape index (κ3) is 1.55. The van der Waals surface area contributed by atoms with Crippen molar-refractivity contribution in [2.24, 2.45) is 0 Å². The molecule has 0 N–H and O–H groups in total. The molecule has 0 atom stereocenters. The minimum atomic E-state index is 0.686. The second-order valence-corrected chi connectivity index (χ2v) is 4.19. The van der Waals surface area contributed by atoms with Gasteiger partial charge in [-0.1, -0.05) is 12.1 Å². The summed E-state index contributed by atoms with van der Waals surface area (Å²) >= 11 is 0. The van der Waals surface area contributed by atoms with E-state index in [1.54, 1.807) is 12.5 Å². The summed E-state index contributed by atoms with van der Waals surface area (Å²) in [6, 6.07) is 6.45. The fraction of sp³-hybridized carbons (Fsp3) is 0.214. The molecule has 0 saturated carbocycles. The van der Waals surface area contributed by atoms with Gasteiger partial charge in [-0.25, -0.2) is 4.98 Å². The Balaban J connectivity index is 2.33. The first-order valence-electron chi connectivity index (χ1n) is 5.79. The van der Waals surface area contributed by atoms with Gasteiger partial charge in [0.1, 0.15) is 6.26 Å². The monoisotopic (exact) mass is 226 g/mol. The maximum atomic E-state index is 5.39. The standard InChI is InChI=1S/C14H14N2O/c1-3-16-9-12(14-15-6-7-17-14)11-5-4-10(2)8-13(11)16/h4-9H,3H2,1-2H3. The Labute approximate surface area is 99.7 Å². The van der Waals surface area contributed by atoms with Crippen LogP contribution in [0.25, 0.3) is 22.4 Å². The second-order valence-electron chi connectivity index (χ2n) is 4.19. The molecule has 3 heteroatoms. The van der Waals surface area contributed by atoms with Crippen molar-refractivity contribution in [3.8, 4) is 11.5 Å². The van der Waals surface area contributed by atoms with Crippen LogP contribution in [0.3, 0.4) is 0 Å². The number of hydrogen-bond donors (Lipinski definition) is 0. The van der Waals surface area contributed by atoms with Crippen LogP contribution in [-0.2, 0) is 6.54 Å².